The average molecular weight is 248 g/mol. The van der Waals surface area contributed by atoms with Crippen molar-refractivity contribution >= 4 is 11.8 Å². The minimum Gasteiger partial charge on any atom is -0.343 e. The van der Waals surface area contributed by atoms with E-state index in [1.54, 1.807) is 19.2 Å². The third-order valence-electron chi connectivity index (χ3n) is 2.87. The van der Waals surface area contributed by atoms with Gasteiger partial charge in [-0.2, -0.15) is 0 Å². The van der Waals surface area contributed by atoms with E-state index >= 15 is 0 Å². The molecule has 1 fully saturated rings. The number of piperazine rings is 1. The molecule has 18 heavy (non-hydrogen) atoms. The monoisotopic (exact) mass is 248 g/mol. The van der Waals surface area contributed by atoms with Crippen molar-refractivity contribution in [3.63, 3.8) is 0 Å². The molecule has 0 radical (unpaired) electrons. The summed E-state index contributed by atoms with van der Waals surface area (Å²) in [6, 6.07) is 1.35. The minimum absolute atomic E-state index is 0.0478. The molecule has 1 aromatic rings. The quantitative estimate of drug-likeness (QED) is 0.818. The summed E-state index contributed by atoms with van der Waals surface area (Å²) in [6.07, 6.45) is 2.26. The van der Waals surface area contributed by atoms with Gasteiger partial charge >= 0.3 is 0 Å². The smallest absolute Gasteiger partial charge is 0.245 e. The van der Waals surface area contributed by atoms with Crippen LogP contribution >= 0.6 is 0 Å². The predicted octanol–water partition coefficient (Wildman–Crippen LogP) is 0.0220. The zero-order valence-electron chi connectivity index (χ0n) is 10.5. The molecule has 96 valence electrons. The third kappa shape index (κ3) is 2.64. The summed E-state index contributed by atoms with van der Waals surface area (Å²) in [5.41, 5.74) is 0.750. The molecule has 1 N–H and O–H groups in total. The third-order valence-corrected chi connectivity index (χ3v) is 2.87. The molecule has 2 heterocycles. The molecule has 1 aliphatic rings. The van der Waals surface area contributed by atoms with Crippen molar-refractivity contribution < 1.29 is 9.59 Å². The molecule has 1 unspecified atom stereocenters. The first kappa shape index (κ1) is 12.5. The lowest BCUT2D eigenvalue weighted by molar-refractivity contribution is -0.145. The molecule has 6 heteroatoms. The molecule has 0 aliphatic carbocycles. The SMILES string of the molecule is CCC1NC(=O)CN(Cc2ccnc(C)n2)C1=O. The van der Waals surface area contributed by atoms with Crippen LogP contribution in [-0.4, -0.2) is 39.3 Å². The molecule has 1 atom stereocenters. The van der Waals surface area contributed by atoms with Gasteiger partial charge in [-0.1, -0.05) is 6.92 Å². The number of carbonyl (C=O) groups is 2. The second kappa shape index (κ2) is 5.12. The molecule has 2 amide bonds. The zero-order valence-corrected chi connectivity index (χ0v) is 10.5. The van der Waals surface area contributed by atoms with Gasteiger partial charge in [-0.05, 0) is 19.4 Å². The predicted molar refractivity (Wildman–Crippen MR) is 64.4 cm³/mol. The summed E-state index contributed by atoms with van der Waals surface area (Å²) in [6.45, 7) is 4.12. The van der Waals surface area contributed by atoms with Crippen molar-refractivity contribution in [2.45, 2.75) is 32.9 Å². The normalized spacial score (nSPS) is 19.9. The molecule has 0 spiro atoms. The Labute approximate surface area is 105 Å². The number of nitrogens with one attached hydrogen (secondary N) is 1. The minimum atomic E-state index is -0.408. The van der Waals surface area contributed by atoms with Crippen molar-refractivity contribution in [3.8, 4) is 0 Å². The number of hydrogen-bond acceptors (Lipinski definition) is 4. The highest BCUT2D eigenvalue weighted by atomic mass is 16.2. The Kier molecular flexibility index (Phi) is 3.55. The second-order valence-corrected chi connectivity index (χ2v) is 4.32. The van der Waals surface area contributed by atoms with Crippen LogP contribution in [0.15, 0.2) is 12.3 Å². The van der Waals surface area contributed by atoms with Crippen LogP contribution < -0.4 is 5.32 Å². The molecule has 0 aromatic carbocycles. The van der Waals surface area contributed by atoms with Crippen LogP contribution in [0.3, 0.4) is 0 Å². The van der Waals surface area contributed by atoms with Gasteiger partial charge in [-0.3, -0.25) is 9.59 Å². The topological polar surface area (TPSA) is 75.2 Å². The zero-order chi connectivity index (χ0) is 13.1. The maximum Gasteiger partial charge on any atom is 0.245 e. The molecular formula is C12H16N4O2. The number of aryl methyl sites for hydroxylation is 1. The Bertz CT molecular complexity index is 475. The molecule has 1 aliphatic heterocycles. The van der Waals surface area contributed by atoms with Gasteiger partial charge in [0, 0.05) is 6.20 Å². The lowest BCUT2D eigenvalue weighted by Crippen LogP contribution is -2.57. The van der Waals surface area contributed by atoms with Crippen molar-refractivity contribution in [1.82, 2.24) is 20.2 Å². The summed E-state index contributed by atoms with van der Waals surface area (Å²) in [5.74, 6) is 0.494. The van der Waals surface area contributed by atoms with E-state index in [9.17, 15) is 9.59 Å². The molecule has 1 saturated heterocycles. The lowest BCUT2D eigenvalue weighted by atomic mass is 10.1. The Morgan fingerprint density at radius 2 is 2.28 bits per heavy atom. The van der Waals surface area contributed by atoms with Gasteiger partial charge in [0.25, 0.3) is 0 Å². The standard InChI is InChI=1S/C12H16N4O2/c1-3-10-12(18)16(7-11(17)15-10)6-9-4-5-13-8(2)14-9/h4-5,10H,3,6-7H2,1-2H3,(H,15,17). The van der Waals surface area contributed by atoms with Crippen LogP contribution in [0.25, 0.3) is 0 Å². The fraction of sp³-hybridized carbons (Fsp3) is 0.500. The fourth-order valence-electron chi connectivity index (χ4n) is 1.97. The summed E-state index contributed by atoms with van der Waals surface area (Å²) < 4.78 is 0. The number of carbonyl (C=O) groups excluding carboxylic acids is 2. The number of amides is 2. The fourth-order valence-corrected chi connectivity index (χ4v) is 1.97. The number of rotatable bonds is 3. The highest BCUT2D eigenvalue weighted by Crippen LogP contribution is 2.09. The van der Waals surface area contributed by atoms with Gasteiger partial charge in [-0.15, -0.1) is 0 Å². The Morgan fingerprint density at radius 3 is 2.94 bits per heavy atom. The van der Waals surface area contributed by atoms with E-state index in [0.29, 0.717) is 18.8 Å². The summed E-state index contributed by atoms with van der Waals surface area (Å²) in [5, 5.41) is 2.68. The highest BCUT2D eigenvalue weighted by molar-refractivity contribution is 5.94. The molecular weight excluding hydrogens is 232 g/mol. The summed E-state index contributed by atoms with van der Waals surface area (Å²) in [4.78, 5) is 33.3. The maximum absolute atomic E-state index is 12.1. The molecule has 0 saturated carbocycles. The van der Waals surface area contributed by atoms with Crippen LogP contribution in [-0.2, 0) is 16.1 Å². The van der Waals surface area contributed by atoms with Gasteiger partial charge in [0.1, 0.15) is 18.4 Å². The first-order valence-electron chi connectivity index (χ1n) is 5.97. The van der Waals surface area contributed by atoms with Crippen LogP contribution in [0.1, 0.15) is 24.9 Å². The van der Waals surface area contributed by atoms with E-state index < -0.39 is 6.04 Å². The molecule has 0 bridgehead atoms. The maximum atomic E-state index is 12.1. The van der Waals surface area contributed by atoms with Gasteiger partial charge < -0.3 is 10.2 Å². The van der Waals surface area contributed by atoms with Crippen LogP contribution in [0.4, 0.5) is 0 Å². The van der Waals surface area contributed by atoms with Gasteiger partial charge in [0.05, 0.1) is 12.2 Å². The van der Waals surface area contributed by atoms with Crippen molar-refractivity contribution in [1.29, 1.82) is 0 Å². The van der Waals surface area contributed by atoms with Crippen LogP contribution in [0.5, 0.6) is 0 Å². The van der Waals surface area contributed by atoms with E-state index in [1.807, 2.05) is 6.92 Å². The van der Waals surface area contributed by atoms with Gasteiger partial charge in [0.15, 0.2) is 0 Å². The van der Waals surface area contributed by atoms with E-state index in [4.69, 9.17) is 0 Å². The average Bonchev–Trinajstić information content (AvgIpc) is 2.33. The molecule has 1 aromatic heterocycles. The Hall–Kier alpha value is -1.98. The molecule has 6 nitrogen and oxygen atoms in total. The Balaban J connectivity index is 2.12. The first-order chi connectivity index (χ1) is 8.60. The van der Waals surface area contributed by atoms with Crippen molar-refractivity contribution in [2.75, 3.05) is 6.54 Å². The van der Waals surface area contributed by atoms with Crippen LogP contribution in [0, 0.1) is 6.92 Å². The second-order valence-electron chi connectivity index (χ2n) is 4.32. The van der Waals surface area contributed by atoms with E-state index in [2.05, 4.69) is 15.3 Å². The lowest BCUT2D eigenvalue weighted by Gasteiger charge is -2.31. The van der Waals surface area contributed by atoms with Crippen molar-refractivity contribution in [3.05, 3.63) is 23.8 Å². The summed E-state index contributed by atoms with van der Waals surface area (Å²) in [7, 11) is 0. The molecule has 2 rings (SSSR count). The highest BCUT2D eigenvalue weighted by Gasteiger charge is 2.31. The van der Waals surface area contributed by atoms with Gasteiger partial charge in [0.2, 0.25) is 11.8 Å². The van der Waals surface area contributed by atoms with Gasteiger partial charge in [-0.25, -0.2) is 9.97 Å². The van der Waals surface area contributed by atoms with E-state index in [1.165, 1.54) is 4.90 Å². The number of hydrogen-bond donors (Lipinski definition) is 1. The number of aromatic nitrogens is 2. The number of nitrogens with zero attached hydrogens (tertiary/aromatic N) is 3. The largest absolute Gasteiger partial charge is 0.343 e. The Morgan fingerprint density at radius 1 is 1.50 bits per heavy atom. The summed E-state index contributed by atoms with van der Waals surface area (Å²) >= 11 is 0. The van der Waals surface area contributed by atoms with E-state index in [-0.39, 0.29) is 18.4 Å². The van der Waals surface area contributed by atoms with Crippen molar-refractivity contribution in [2.24, 2.45) is 0 Å². The van der Waals surface area contributed by atoms with Crippen LogP contribution in [0.2, 0.25) is 0 Å². The van der Waals surface area contributed by atoms with E-state index in [0.717, 1.165) is 5.69 Å². The first-order valence-corrected chi connectivity index (χ1v) is 5.97.